The summed E-state index contributed by atoms with van der Waals surface area (Å²) in [6.45, 7) is 0.583. The standard InChI is InChI=1S/C20H23N7O3/c1-29-15-4-3-13(11-16(15)30-2)5-10-23-18-17(21)19(25-12-24-18)26-27-20(28)14-6-8-22-9-7-14/h3-4,6-9,11-12H,5,10,21H2,1-2H3,(H,27,28)(H2,23,24,25,26). The minimum atomic E-state index is -0.335. The van der Waals surface area contributed by atoms with Gasteiger partial charge in [0.1, 0.15) is 12.0 Å². The third kappa shape index (κ3) is 5.04. The summed E-state index contributed by atoms with van der Waals surface area (Å²) in [7, 11) is 3.20. The number of nitrogens with zero attached hydrogens (tertiary/aromatic N) is 3. The van der Waals surface area contributed by atoms with Crippen molar-refractivity contribution in [1.29, 1.82) is 0 Å². The summed E-state index contributed by atoms with van der Waals surface area (Å²) in [5.74, 6) is 1.78. The van der Waals surface area contributed by atoms with Crippen LogP contribution < -0.4 is 31.4 Å². The molecule has 0 aliphatic carbocycles. The number of nitrogens with one attached hydrogen (secondary N) is 3. The molecule has 2 heterocycles. The number of hydrogen-bond donors (Lipinski definition) is 4. The highest BCUT2D eigenvalue weighted by Gasteiger charge is 2.10. The van der Waals surface area contributed by atoms with Gasteiger partial charge in [-0.1, -0.05) is 6.07 Å². The predicted molar refractivity (Wildman–Crippen MR) is 114 cm³/mol. The van der Waals surface area contributed by atoms with E-state index in [1.165, 1.54) is 18.7 Å². The van der Waals surface area contributed by atoms with Crippen LogP contribution in [0.15, 0.2) is 49.1 Å². The monoisotopic (exact) mass is 409 g/mol. The number of pyridine rings is 1. The molecule has 30 heavy (non-hydrogen) atoms. The molecule has 156 valence electrons. The zero-order chi connectivity index (χ0) is 21.3. The Bertz CT molecular complexity index is 999. The van der Waals surface area contributed by atoms with Crippen molar-refractivity contribution in [3.05, 3.63) is 60.2 Å². The van der Waals surface area contributed by atoms with E-state index in [1.54, 1.807) is 26.4 Å². The maximum Gasteiger partial charge on any atom is 0.269 e. The highest BCUT2D eigenvalue weighted by atomic mass is 16.5. The van der Waals surface area contributed by atoms with E-state index in [-0.39, 0.29) is 5.91 Å². The van der Waals surface area contributed by atoms with Crippen LogP contribution in [-0.2, 0) is 6.42 Å². The van der Waals surface area contributed by atoms with Crippen LogP contribution >= 0.6 is 0 Å². The fourth-order valence-electron chi connectivity index (χ4n) is 2.69. The van der Waals surface area contributed by atoms with Crippen LogP contribution in [0.5, 0.6) is 11.5 Å². The van der Waals surface area contributed by atoms with Crippen LogP contribution in [0, 0.1) is 0 Å². The first-order valence-electron chi connectivity index (χ1n) is 9.14. The molecule has 10 heteroatoms. The van der Waals surface area contributed by atoms with E-state index < -0.39 is 0 Å². The largest absolute Gasteiger partial charge is 0.493 e. The molecule has 5 N–H and O–H groups in total. The molecule has 2 aromatic heterocycles. The number of nitrogen functional groups attached to an aromatic ring is 1. The molecule has 3 rings (SSSR count). The lowest BCUT2D eigenvalue weighted by molar-refractivity contribution is 0.0962. The van der Waals surface area contributed by atoms with Crippen LogP contribution in [0.2, 0.25) is 0 Å². The average molecular weight is 409 g/mol. The van der Waals surface area contributed by atoms with Gasteiger partial charge in [0.05, 0.1) is 14.2 Å². The van der Waals surface area contributed by atoms with Gasteiger partial charge in [-0.2, -0.15) is 0 Å². The molecule has 0 radical (unpaired) electrons. The number of ether oxygens (including phenoxy) is 2. The number of carbonyl (C=O) groups excluding carboxylic acids is 1. The Morgan fingerprint density at radius 2 is 1.77 bits per heavy atom. The Labute approximate surface area is 173 Å². The van der Waals surface area contributed by atoms with Crippen molar-refractivity contribution < 1.29 is 14.3 Å². The van der Waals surface area contributed by atoms with Crippen molar-refractivity contribution >= 4 is 23.2 Å². The zero-order valence-electron chi connectivity index (χ0n) is 16.7. The lowest BCUT2D eigenvalue weighted by Gasteiger charge is -2.13. The molecule has 1 aromatic carbocycles. The predicted octanol–water partition coefficient (Wildman–Crippen LogP) is 1.88. The maximum absolute atomic E-state index is 12.1. The summed E-state index contributed by atoms with van der Waals surface area (Å²) in [6, 6.07) is 8.95. The van der Waals surface area contributed by atoms with Gasteiger partial charge >= 0.3 is 0 Å². The van der Waals surface area contributed by atoms with Crippen molar-refractivity contribution in [2.45, 2.75) is 6.42 Å². The van der Waals surface area contributed by atoms with E-state index in [0.717, 1.165) is 5.56 Å². The summed E-state index contributed by atoms with van der Waals surface area (Å²) in [5.41, 5.74) is 13.2. The number of hydrogen-bond acceptors (Lipinski definition) is 9. The second-order valence-corrected chi connectivity index (χ2v) is 6.17. The number of carbonyl (C=O) groups is 1. The highest BCUT2D eigenvalue weighted by Crippen LogP contribution is 2.28. The molecule has 0 atom stereocenters. The third-order valence-electron chi connectivity index (χ3n) is 4.27. The summed E-state index contributed by atoms with van der Waals surface area (Å²) in [6.07, 6.45) is 5.14. The SMILES string of the molecule is COc1ccc(CCNc2ncnc(NNC(=O)c3ccncc3)c2N)cc1OC. The quantitative estimate of drug-likeness (QED) is 0.390. The van der Waals surface area contributed by atoms with Gasteiger partial charge in [-0.05, 0) is 36.2 Å². The minimum Gasteiger partial charge on any atom is -0.493 e. The fourth-order valence-corrected chi connectivity index (χ4v) is 2.69. The molecule has 10 nitrogen and oxygen atoms in total. The Hall–Kier alpha value is -4.08. The van der Waals surface area contributed by atoms with Gasteiger partial charge < -0.3 is 20.5 Å². The van der Waals surface area contributed by atoms with Crippen molar-refractivity contribution in [3.8, 4) is 11.5 Å². The van der Waals surface area contributed by atoms with Gasteiger partial charge in [-0.15, -0.1) is 0 Å². The minimum absolute atomic E-state index is 0.292. The van der Waals surface area contributed by atoms with E-state index in [9.17, 15) is 4.79 Å². The number of amides is 1. The summed E-state index contributed by atoms with van der Waals surface area (Å²) < 4.78 is 10.6. The lowest BCUT2D eigenvalue weighted by atomic mass is 10.1. The second-order valence-electron chi connectivity index (χ2n) is 6.17. The molecule has 3 aromatic rings. The lowest BCUT2D eigenvalue weighted by Crippen LogP contribution is -2.30. The first-order chi connectivity index (χ1) is 14.6. The molecule has 0 fully saturated rings. The Morgan fingerprint density at radius 1 is 1.03 bits per heavy atom. The average Bonchev–Trinajstić information content (AvgIpc) is 2.79. The van der Waals surface area contributed by atoms with E-state index in [4.69, 9.17) is 15.2 Å². The maximum atomic E-state index is 12.1. The highest BCUT2D eigenvalue weighted by molar-refractivity contribution is 5.95. The normalized spacial score (nSPS) is 10.2. The van der Waals surface area contributed by atoms with Crippen LogP contribution in [0.1, 0.15) is 15.9 Å². The molecule has 0 aliphatic rings. The first kappa shape index (κ1) is 20.6. The van der Waals surface area contributed by atoms with E-state index in [1.807, 2.05) is 18.2 Å². The number of aromatic nitrogens is 3. The second kappa shape index (κ2) is 9.92. The molecule has 0 saturated heterocycles. The Kier molecular flexibility index (Phi) is 6.83. The molecule has 1 amide bonds. The molecule has 0 bridgehead atoms. The summed E-state index contributed by atoms with van der Waals surface area (Å²) in [4.78, 5) is 24.2. The van der Waals surface area contributed by atoms with Crippen molar-refractivity contribution in [3.63, 3.8) is 0 Å². The third-order valence-corrected chi connectivity index (χ3v) is 4.27. The van der Waals surface area contributed by atoms with E-state index in [0.29, 0.717) is 47.4 Å². The van der Waals surface area contributed by atoms with Gasteiger partial charge in [0, 0.05) is 24.5 Å². The van der Waals surface area contributed by atoms with Gasteiger partial charge in [-0.3, -0.25) is 20.6 Å². The fraction of sp³-hybridized carbons (Fsp3) is 0.200. The number of nitrogens with two attached hydrogens (primary N) is 1. The van der Waals surface area contributed by atoms with E-state index >= 15 is 0 Å². The van der Waals surface area contributed by atoms with Crippen molar-refractivity contribution in [2.75, 3.05) is 37.2 Å². The number of hydrazine groups is 1. The molecule has 0 aliphatic heterocycles. The number of anilines is 3. The van der Waals surface area contributed by atoms with Crippen LogP contribution in [-0.4, -0.2) is 41.6 Å². The first-order valence-corrected chi connectivity index (χ1v) is 9.14. The van der Waals surface area contributed by atoms with Crippen LogP contribution in [0.25, 0.3) is 0 Å². The summed E-state index contributed by atoms with van der Waals surface area (Å²) >= 11 is 0. The van der Waals surface area contributed by atoms with Crippen LogP contribution in [0.4, 0.5) is 17.3 Å². The van der Waals surface area contributed by atoms with Gasteiger partial charge in [0.2, 0.25) is 0 Å². The number of rotatable bonds is 9. The molecular formula is C20H23N7O3. The molecule has 0 saturated carbocycles. The van der Waals surface area contributed by atoms with Crippen molar-refractivity contribution in [2.24, 2.45) is 0 Å². The topological polar surface area (TPSA) is 136 Å². The number of benzene rings is 1. The smallest absolute Gasteiger partial charge is 0.269 e. The zero-order valence-corrected chi connectivity index (χ0v) is 16.7. The molecule has 0 unspecified atom stereocenters. The van der Waals surface area contributed by atoms with Crippen LogP contribution in [0.3, 0.4) is 0 Å². The van der Waals surface area contributed by atoms with Gasteiger partial charge in [0.25, 0.3) is 5.91 Å². The molecular weight excluding hydrogens is 386 g/mol. The Balaban J connectivity index is 1.58. The summed E-state index contributed by atoms with van der Waals surface area (Å²) in [5, 5.41) is 3.18. The Morgan fingerprint density at radius 3 is 2.50 bits per heavy atom. The van der Waals surface area contributed by atoms with Crippen molar-refractivity contribution in [1.82, 2.24) is 20.4 Å². The number of methoxy groups -OCH3 is 2. The van der Waals surface area contributed by atoms with Gasteiger partial charge in [-0.25, -0.2) is 9.97 Å². The van der Waals surface area contributed by atoms with Gasteiger partial charge in [0.15, 0.2) is 23.1 Å². The van der Waals surface area contributed by atoms with E-state index in [2.05, 4.69) is 31.1 Å². The molecule has 0 spiro atoms.